The van der Waals surface area contributed by atoms with E-state index in [0.717, 1.165) is 37.3 Å². The fourth-order valence-electron chi connectivity index (χ4n) is 4.35. The first-order valence-corrected chi connectivity index (χ1v) is 11.3. The van der Waals surface area contributed by atoms with Gasteiger partial charge in [-0.2, -0.15) is 4.39 Å². The van der Waals surface area contributed by atoms with Gasteiger partial charge in [0, 0.05) is 11.1 Å². The highest BCUT2D eigenvalue weighted by molar-refractivity contribution is 5.71. The third kappa shape index (κ3) is 5.14. The molecule has 0 spiro atoms. The fourth-order valence-corrected chi connectivity index (χ4v) is 4.35. The molecule has 3 aromatic rings. The number of phenols is 1. The van der Waals surface area contributed by atoms with Crippen LogP contribution in [-0.2, 0) is 4.74 Å². The second kappa shape index (κ2) is 10.3. The number of rotatable bonds is 6. The zero-order chi connectivity index (χ0) is 23.4. The van der Waals surface area contributed by atoms with Gasteiger partial charge in [0.05, 0.1) is 12.7 Å². The number of hydrogen-bond donors (Lipinski definition) is 1. The van der Waals surface area contributed by atoms with Gasteiger partial charge in [0.25, 0.3) is 0 Å². The van der Waals surface area contributed by atoms with Gasteiger partial charge >= 0.3 is 0 Å². The summed E-state index contributed by atoms with van der Waals surface area (Å²) in [5, 5.41) is 9.30. The van der Waals surface area contributed by atoms with Crippen LogP contribution < -0.4 is 0 Å². The van der Waals surface area contributed by atoms with E-state index in [1.54, 1.807) is 30.3 Å². The van der Waals surface area contributed by atoms with Gasteiger partial charge in [0.1, 0.15) is 5.82 Å². The van der Waals surface area contributed by atoms with E-state index in [1.807, 2.05) is 13.0 Å². The first kappa shape index (κ1) is 23.1. The number of ether oxygens (including phenoxy) is 1. The van der Waals surface area contributed by atoms with Crippen molar-refractivity contribution in [1.29, 1.82) is 0 Å². The Balaban J connectivity index is 1.46. The van der Waals surface area contributed by atoms with E-state index in [2.05, 4.69) is 12.2 Å². The van der Waals surface area contributed by atoms with Gasteiger partial charge < -0.3 is 9.84 Å². The molecule has 3 aromatic carbocycles. The van der Waals surface area contributed by atoms with E-state index in [9.17, 15) is 18.3 Å². The lowest BCUT2D eigenvalue weighted by Gasteiger charge is -2.29. The molecule has 0 aliphatic carbocycles. The summed E-state index contributed by atoms with van der Waals surface area (Å²) in [4.78, 5) is 0. The lowest BCUT2D eigenvalue weighted by atomic mass is 9.91. The predicted octanol–water partition coefficient (Wildman–Crippen LogP) is 7.97. The van der Waals surface area contributed by atoms with Crippen molar-refractivity contribution in [2.75, 3.05) is 6.61 Å². The van der Waals surface area contributed by atoms with E-state index in [0.29, 0.717) is 29.2 Å². The average molecular weight is 453 g/mol. The minimum atomic E-state index is -1.28. The molecule has 0 radical (unpaired) electrons. The molecular formula is C28H27F3O2. The number of allylic oxidation sites excluding steroid dienone is 2. The Kier molecular flexibility index (Phi) is 7.19. The van der Waals surface area contributed by atoms with E-state index in [-0.39, 0.29) is 17.5 Å². The van der Waals surface area contributed by atoms with E-state index < -0.39 is 17.4 Å². The quantitative estimate of drug-likeness (QED) is 0.384. The lowest BCUT2D eigenvalue weighted by molar-refractivity contribution is -0.0191. The van der Waals surface area contributed by atoms with Crippen LogP contribution in [0.2, 0.25) is 0 Å². The van der Waals surface area contributed by atoms with Crippen LogP contribution in [0.15, 0.2) is 66.7 Å². The lowest BCUT2D eigenvalue weighted by Crippen LogP contribution is -2.20. The van der Waals surface area contributed by atoms with Gasteiger partial charge in [0.15, 0.2) is 11.6 Å². The Bertz CT molecular complexity index is 1130. The molecule has 1 N–H and O–H groups in total. The predicted molar refractivity (Wildman–Crippen MR) is 124 cm³/mol. The minimum absolute atomic E-state index is 0.0335. The molecule has 5 heteroatoms. The van der Waals surface area contributed by atoms with E-state index >= 15 is 0 Å². The smallest absolute Gasteiger partial charge is 0.200 e. The highest BCUT2D eigenvalue weighted by Gasteiger charge is 2.23. The van der Waals surface area contributed by atoms with Crippen LogP contribution in [0.5, 0.6) is 5.75 Å². The average Bonchev–Trinajstić information content (AvgIpc) is 2.83. The van der Waals surface area contributed by atoms with E-state index in [1.165, 1.54) is 12.1 Å². The molecule has 2 nitrogen and oxygen atoms in total. The molecule has 0 aromatic heterocycles. The van der Waals surface area contributed by atoms with Crippen LogP contribution >= 0.6 is 0 Å². The van der Waals surface area contributed by atoms with Crippen LogP contribution in [0.4, 0.5) is 13.2 Å². The molecule has 0 bridgehead atoms. The van der Waals surface area contributed by atoms with Gasteiger partial charge in [-0.1, -0.05) is 48.6 Å². The summed E-state index contributed by atoms with van der Waals surface area (Å²) < 4.78 is 48.8. The largest absolute Gasteiger partial charge is 0.505 e. The Morgan fingerprint density at radius 2 is 1.61 bits per heavy atom. The zero-order valence-electron chi connectivity index (χ0n) is 18.5. The molecular weight excluding hydrogens is 425 g/mol. The molecule has 0 amide bonds. The van der Waals surface area contributed by atoms with Gasteiger partial charge in [-0.25, -0.2) is 8.78 Å². The maximum atomic E-state index is 15.0. The molecule has 1 fully saturated rings. The van der Waals surface area contributed by atoms with Gasteiger partial charge in [-0.3, -0.25) is 0 Å². The second-order valence-corrected chi connectivity index (χ2v) is 8.49. The number of aromatic hydroxyl groups is 1. The molecule has 1 aliphatic heterocycles. The fraction of sp³-hybridized carbons (Fsp3) is 0.286. The molecule has 172 valence electrons. The molecule has 1 saturated heterocycles. The summed E-state index contributed by atoms with van der Waals surface area (Å²) in [5.41, 5.74) is 2.37. The maximum absolute atomic E-state index is 15.0. The topological polar surface area (TPSA) is 29.5 Å². The summed E-state index contributed by atoms with van der Waals surface area (Å²) in [6, 6.07) is 14.1. The van der Waals surface area contributed by atoms with Crippen molar-refractivity contribution in [2.45, 2.75) is 38.7 Å². The summed E-state index contributed by atoms with van der Waals surface area (Å²) >= 11 is 0. The Hall–Kier alpha value is -3.05. The molecule has 1 aliphatic rings. The Morgan fingerprint density at radius 1 is 0.909 bits per heavy atom. The molecule has 33 heavy (non-hydrogen) atoms. The van der Waals surface area contributed by atoms with Gasteiger partial charge in [-0.15, -0.1) is 0 Å². The van der Waals surface area contributed by atoms with Crippen LogP contribution in [0, 0.1) is 23.4 Å². The van der Waals surface area contributed by atoms with Crippen molar-refractivity contribution in [3.05, 3.63) is 89.8 Å². The monoisotopic (exact) mass is 452 g/mol. The van der Waals surface area contributed by atoms with Crippen molar-refractivity contribution >= 4 is 0 Å². The molecule has 4 rings (SSSR count). The third-order valence-corrected chi connectivity index (χ3v) is 6.28. The highest BCUT2D eigenvalue weighted by atomic mass is 19.2. The van der Waals surface area contributed by atoms with Crippen LogP contribution in [0.25, 0.3) is 22.3 Å². The number of halogens is 3. The van der Waals surface area contributed by atoms with Crippen molar-refractivity contribution in [2.24, 2.45) is 5.92 Å². The summed E-state index contributed by atoms with van der Waals surface area (Å²) in [6.07, 6.45) is 8.26. The molecule has 2 unspecified atom stereocenters. The minimum Gasteiger partial charge on any atom is -0.505 e. The molecule has 2 atom stereocenters. The first-order valence-electron chi connectivity index (χ1n) is 11.3. The maximum Gasteiger partial charge on any atom is 0.200 e. The number of benzene rings is 3. The second-order valence-electron chi connectivity index (χ2n) is 8.49. The van der Waals surface area contributed by atoms with Gasteiger partial charge in [0.2, 0.25) is 5.82 Å². The normalized spacial score (nSPS) is 18.7. The van der Waals surface area contributed by atoms with E-state index in [4.69, 9.17) is 4.74 Å². The third-order valence-electron chi connectivity index (χ3n) is 6.28. The number of phenolic OH excluding ortho intramolecular Hbond substituents is 1. The Labute approximate surface area is 192 Å². The van der Waals surface area contributed by atoms with Gasteiger partial charge in [-0.05, 0) is 73.4 Å². The highest BCUT2D eigenvalue weighted by Crippen LogP contribution is 2.35. The SMILES string of the molecule is C/C=C/CCC1CCC(c2ccc(-c3ccc(-c4ccc(O)c(F)c4F)cc3)c(F)c2)OC1. The summed E-state index contributed by atoms with van der Waals surface area (Å²) in [5.74, 6) is -2.93. The van der Waals surface area contributed by atoms with Crippen molar-refractivity contribution in [1.82, 2.24) is 0 Å². The summed E-state index contributed by atoms with van der Waals surface area (Å²) in [6.45, 7) is 2.72. The van der Waals surface area contributed by atoms with Crippen molar-refractivity contribution in [3.8, 4) is 28.0 Å². The van der Waals surface area contributed by atoms with Crippen LogP contribution in [0.3, 0.4) is 0 Å². The standard InChI is InChI=1S/C28H27F3O2/c1-2-3-4-5-18-6-15-26(33-17-18)21-11-12-22(24(29)16-21)19-7-9-20(10-8-19)23-13-14-25(32)28(31)27(23)30/h2-3,7-14,16,18,26,32H,4-6,15,17H2,1H3/b3-2+. The molecule has 0 saturated carbocycles. The summed E-state index contributed by atoms with van der Waals surface area (Å²) in [7, 11) is 0. The van der Waals surface area contributed by atoms with Crippen molar-refractivity contribution < 1.29 is 23.0 Å². The zero-order valence-corrected chi connectivity index (χ0v) is 18.5. The first-order chi connectivity index (χ1) is 16.0. The van der Waals surface area contributed by atoms with Crippen LogP contribution in [0.1, 0.15) is 44.3 Å². The van der Waals surface area contributed by atoms with Crippen LogP contribution in [-0.4, -0.2) is 11.7 Å². The molecule has 1 heterocycles. The Morgan fingerprint density at radius 3 is 2.24 bits per heavy atom. The number of hydrogen-bond acceptors (Lipinski definition) is 2. The van der Waals surface area contributed by atoms with Crippen molar-refractivity contribution in [3.63, 3.8) is 0 Å².